The lowest BCUT2D eigenvalue weighted by molar-refractivity contribution is -0.121. The van der Waals surface area contributed by atoms with Crippen molar-refractivity contribution in [1.29, 1.82) is 0 Å². The predicted molar refractivity (Wildman–Crippen MR) is 62.4 cm³/mol. The number of nitrogens with one attached hydrogen (secondary N) is 2. The van der Waals surface area contributed by atoms with Crippen molar-refractivity contribution in [2.24, 2.45) is 5.84 Å². The molecule has 6 nitrogen and oxygen atoms in total. The molecule has 6 heteroatoms. The molecule has 1 rings (SSSR count). The summed E-state index contributed by atoms with van der Waals surface area (Å²) in [5.74, 6) is 5.83. The van der Waals surface area contributed by atoms with E-state index in [1.165, 1.54) is 0 Å². The molecule has 16 heavy (non-hydrogen) atoms. The summed E-state index contributed by atoms with van der Waals surface area (Å²) in [4.78, 5) is 17.1. The molecule has 4 N–H and O–H groups in total. The zero-order valence-electron chi connectivity index (χ0n) is 9.53. The van der Waals surface area contributed by atoms with Crippen LogP contribution in [0.4, 0.5) is 5.82 Å². The van der Waals surface area contributed by atoms with Crippen LogP contribution in [-0.4, -0.2) is 36.4 Å². The molecule has 0 fully saturated rings. The molecule has 0 atom stereocenters. The van der Waals surface area contributed by atoms with Gasteiger partial charge in [0, 0.05) is 19.8 Å². The van der Waals surface area contributed by atoms with Crippen molar-refractivity contribution in [3.63, 3.8) is 0 Å². The average Bonchev–Trinajstić information content (AvgIpc) is 2.29. The van der Waals surface area contributed by atoms with Gasteiger partial charge in [-0.2, -0.15) is 0 Å². The van der Waals surface area contributed by atoms with Crippen LogP contribution in [0.2, 0.25) is 0 Å². The van der Waals surface area contributed by atoms with Crippen LogP contribution in [0.5, 0.6) is 0 Å². The lowest BCUT2D eigenvalue weighted by Gasteiger charge is -2.15. The van der Waals surface area contributed by atoms with E-state index in [4.69, 9.17) is 5.84 Å². The third-order valence-corrected chi connectivity index (χ3v) is 2.12. The first-order valence-corrected chi connectivity index (χ1v) is 4.96. The number of nitrogens with zero attached hydrogens (tertiary/aromatic N) is 2. The number of hydrogen-bond acceptors (Lipinski definition) is 5. The third kappa shape index (κ3) is 3.84. The number of aromatic nitrogens is 1. The smallest absolute Gasteiger partial charge is 0.233 e. The highest BCUT2D eigenvalue weighted by Crippen LogP contribution is 2.05. The zero-order valence-corrected chi connectivity index (χ0v) is 9.53. The van der Waals surface area contributed by atoms with Gasteiger partial charge in [0.05, 0.1) is 6.54 Å². The zero-order chi connectivity index (χ0) is 12.0. The van der Waals surface area contributed by atoms with Crippen LogP contribution in [0, 0.1) is 0 Å². The fraction of sp³-hybridized carbons (Fsp3) is 0.400. The Labute approximate surface area is 94.8 Å². The number of anilines is 1. The monoisotopic (exact) mass is 223 g/mol. The summed E-state index contributed by atoms with van der Waals surface area (Å²) in [6.07, 6.45) is 1.73. The highest BCUT2D eigenvalue weighted by Gasteiger charge is 2.05. The molecule has 0 aliphatic carbocycles. The van der Waals surface area contributed by atoms with Gasteiger partial charge in [0.2, 0.25) is 5.91 Å². The van der Waals surface area contributed by atoms with Crippen molar-refractivity contribution in [2.75, 3.05) is 26.1 Å². The fourth-order valence-corrected chi connectivity index (χ4v) is 1.30. The van der Waals surface area contributed by atoms with E-state index in [0.29, 0.717) is 18.9 Å². The highest BCUT2D eigenvalue weighted by atomic mass is 16.1. The Bertz CT molecular complexity index is 338. The molecule has 0 saturated heterocycles. The van der Waals surface area contributed by atoms with Crippen LogP contribution in [0.3, 0.4) is 0 Å². The Morgan fingerprint density at radius 3 is 2.81 bits per heavy atom. The van der Waals surface area contributed by atoms with E-state index in [0.717, 1.165) is 5.56 Å². The molecule has 1 amide bonds. The maximum Gasteiger partial charge on any atom is 0.233 e. The standard InChI is InChI=1S/C10H17N5O/c1-12-10(16)7-15(2)6-8-3-4-9(14-11)13-5-8/h3-5H,6-7,11H2,1-2H3,(H,12,16)(H,13,14). The summed E-state index contributed by atoms with van der Waals surface area (Å²) >= 11 is 0. The van der Waals surface area contributed by atoms with Crippen molar-refractivity contribution < 1.29 is 4.79 Å². The van der Waals surface area contributed by atoms with Crippen molar-refractivity contribution in [1.82, 2.24) is 15.2 Å². The molecule has 88 valence electrons. The van der Waals surface area contributed by atoms with Gasteiger partial charge >= 0.3 is 0 Å². The van der Waals surface area contributed by atoms with Crippen LogP contribution in [0.25, 0.3) is 0 Å². The molecule has 1 aromatic heterocycles. The molecule has 1 aromatic rings. The highest BCUT2D eigenvalue weighted by molar-refractivity contribution is 5.77. The molecular formula is C10H17N5O. The molecule has 0 aliphatic rings. The lowest BCUT2D eigenvalue weighted by Crippen LogP contribution is -2.32. The van der Waals surface area contributed by atoms with Crippen LogP contribution >= 0.6 is 0 Å². The molecule has 0 saturated carbocycles. The van der Waals surface area contributed by atoms with Crippen molar-refractivity contribution in [3.8, 4) is 0 Å². The molecule has 1 heterocycles. The Balaban J connectivity index is 2.49. The quantitative estimate of drug-likeness (QED) is 0.465. The number of likely N-dealkylation sites (N-methyl/N-ethyl adjacent to an activating group) is 2. The van der Waals surface area contributed by atoms with Gasteiger partial charge < -0.3 is 10.7 Å². The third-order valence-electron chi connectivity index (χ3n) is 2.12. The largest absolute Gasteiger partial charge is 0.358 e. The molecule has 0 spiro atoms. The molecular weight excluding hydrogens is 206 g/mol. The maximum absolute atomic E-state index is 11.1. The number of hydrogen-bond donors (Lipinski definition) is 3. The van der Waals surface area contributed by atoms with E-state index in [-0.39, 0.29) is 5.91 Å². The van der Waals surface area contributed by atoms with E-state index < -0.39 is 0 Å². The minimum Gasteiger partial charge on any atom is -0.358 e. The average molecular weight is 223 g/mol. The van der Waals surface area contributed by atoms with Gasteiger partial charge in [0.25, 0.3) is 0 Å². The normalized spacial score (nSPS) is 10.2. The van der Waals surface area contributed by atoms with Gasteiger partial charge in [-0.15, -0.1) is 0 Å². The first-order valence-electron chi connectivity index (χ1n) is 4.96. The number of amides is 1. The van der Waals surface area contributed by atoms with Gasteiger partial charge in [-0.3, -0.25) is 9.69 Å². The van der Waals surface area contributed by atoms with E-state index >= 15 is 0 Å². The fourth-order valence-electron chi connectivity index (χ4n) is 1.30. The summed E-state index contributed by atoms with van der Waals surface area (Å²) in [5, 5.41) is 2.58. The van der Waals surface area contributed by atoms with Crippen molar-refractivity contribution >= 4 is 11.7 Å². The summed E-state index contributed by atoms with van der Waals surface area (Å²) in [6, 6.07) is 3.71. The second-order valence-corrected chi connectivity index (χ2v) is 3.54. The maximum atomic E-state index is 11.1. The van der Waals surface area contributed by atoms with E-state index in [2.05, 4.69) is 15.7 Å². The molecule has 0 aromatic carbocycles. The topological polar surface area (TPSA) is 83.3 Å². The number of carbonyl (C=O) groups excluding carboxylic acids is 1. The van der Waals surface area contributed by atoms with E-state index in [9.17, 15) is 4.79 Å². The Morgan fingerprint density at radius 1 is 1.56 bits per heavy atom. The summed E-state index contributed by atoms with van der Waals surface area (Å²) in [6.45, 7) is 1.04. The minimum atomic E-state index is -0.00398. The van der Waals surface area contributed by atoms with Gasteiger partial charge in [-0.25, -0.2) is 10.8 Å². The summed E-state index contributed by atoms with van der Waals surface area (Å²) < 4.78 is 0. The van der Waals surface area contributed by atoms with Crippen molar-refractivity contribution in [3.05, 3.63) is 23.9 Å². The minimum absolute atomic E-state index is 0.00398. The van der Waals surface area contributed by atoms with Crippen LogP contribution in [-0.2, 0) is 11.3 Å². The summed E-state index contributed by atoms with van der Waals surface area (Å²) in [5.41, 5.74) is 3.49. The van der Waals surface area contributed by atoms with Crippen molar-refractivity contribution in [2.45, 2.75) is 6.54 Å². The van der Waals surface area contributed by atoms with E-state index in [1.54, 1.807) is 19.3 Å². The number of rotatable bonds is 5. The first-order chi connectivity index (χ1) is 7.65. The van der Waals surface area contributed by atoms with E-state index in [1.807, 2.05) is 18.0 Å². The first kappa shape index (κ1) is 12.4. The van der Waals surface area contributed by atoms with Gasteiger partial charge in [-0.05, 0) is 18.7 Å². The lowest BCUT2D eigenvalue weighted by atomic mass is 10.2. The predicted octanol–water partition coefficient (Wildman–Crippen LogP) is -0.455. The van der Waals surface area contributed by atoms with Crippen LogP contribution < -0.4 is 16.6 Å². The van der Waals surface area contributed by atoms with Crippen LogP contribution in [0.1, 0.15) is 5.56 Å². The Hall–Kier alpha value is -1.66. The number of carbonyl (C=O) groups is 1. The second-order valence-electron chi connectivity index (χ2n) is 3.54. The van der Waals surface area contributed by atoms with Crippen LogP contribution in [0.15, 0.2) is 18.3 Å². The number of hydrazine groups is 1. The summed E-state index contributed by atoms with van der Waals surface area (Å²) in [7, 11) is 3.50. The molecule has 0 bridgehead atoms. The molecule has 0 unspecified atom stereocenters. The SMILES string of the molecule is CNC(=O)CN(C)Cc1ccc(NN)nc1. The molecule has 0 aliphatic heterocycles. The second kappa shape index (κ2) is 6.04. The van der Waals surface area contributed by atoms with Gasteiger partial charge in [0.1, 0.15) is 5.82 Å². The number of nitrogens with two attached hydrogens (primary N) is 1. The van der Waals surface area contributed by atoms with Gasteiger partial charge in [-0.1, -0.05) is 6.07 Å². The van der Waals surface area contributed by atoms with Gasteiger partial charge in [0.15, 0.2) is 0 Å². The number of pyridine rings is 1. The Kier molecular flexibility index (Phi) is 4.68. The molecule has 0 radical (unpaired) electrons. The Morgan fingerprint density at radius 2 is 2.31 bits per heavy atom. The number of nitrogen functional groups attached to an aromatic ring is 1.